The quantitative estimate of drug-likeness (QED) is 0.498. The molecule has 0 rings (SSSR count). The van der Waals surface area contributed by atoms with E-state index in [4.69, 9.17) is 0 Å². The van der Waals surface area contributed by atoms with Crippen molar-refractivity contribution < 1.29 is 4.92 Å². The molecule has 0 aromatic heterocycles. The molecule has 0 radical (unpaired) electrons. The van der Waals surface area contributed by atoms with Crippen LogP contribution in [0.5, 0.6) is 0 Å². The molecular weight excluding hydrogens is 170 g/mol. The van der Waals surface area contributed by atoms with Crippen LogP contribution in [0.4, 0.5) is 0 Å². The predicted octanol–water partition coefficient (Wildman–Crippen LogP) is 1.01. The lowest BCUT2D eigenvalue weighted by atomic mass is 10.3. The summed E-state index contributed by atoms with van der Waals surface area (Å²) in [5.74, 6) is 0.540. The highest BCUT2D eigenvalue weighted by Crippen LogP contribution is 1.99. The predicted molar refractivity (Wildman–Crippen MR) is 51.7 cm³/mol. The van der Waals surface area contributed by atoms with Crippen LogP contribution in [0, 0.1) is 10.1 Å². The fourth-order valence-electron chi connectivity index (χ4n) is 0.970. The van der Waals surface area contributed by atoms with Crippen LogP contribution >= 0.6 is 0 Å². The molecule has 0 aromatic carbocycles. The van der Waals surface area contributed by atoms with Crippen molar-refractivity contribution in [2.45, 2.75) is 19.8 Å². The molecule has 76 valence electrons. The summed E-state index contributed by atoms with van der Waals surface area (Å²) in [5, 5.41) is 13.0. The van der Waals surface area contributed by atoms with Crippen LogP contribution in [0.25, 0.3) is 0 Å². The molecule has 0 bridgehead atoms. The van der Waals surface area contributed by atoms with Gasteiger partial charge in [0.25, 0.3) is 6.20 Å². The highest BCUT2D eigenvalue weighted by atomic mass is 16.6. The Hall–Kier alpha value is -1.26. The maximum atomic E-state index is 10.2. The number of rotatable bonds is 6. The molecule has 0 fully saturated rings. The lowest BCUT2D eigenvalue weighted by Crippen LogP contribution is -2.27. The van der Waals surface area contributed by atoms with Crippen LogP contribution in [0.1, 0.15) is 19.8 Å². The second-order valence-corrected chi connectivity index (χ2v) is 2.82. The Balaban J connectivity index is 4.14. The van der Waals surface area contributed by atoms with Gasteiger partial charge in [-0.25, -0.2) is 0 Å². The van der Waals surface area contributed by atoms with Crippen LogP contribution in [0.15, 0.2) is 12.0 Å². The fourth-order valence-corrected chi connectivity index (χ4v) is 0.970. The highest BCUT2D eigenvalue weighted by Gasteiger charge is 2.05. The van der Waals surface area contributed by atoms with E-state index < -0.39 is 4.92 Å². The van der Waals surface area contributed by atoms with E-state index >= 15 is 0 Å². The molecule has 0 atom stereocenters. The van der Waals surface area contributed by atoms with E-state index in [-0.39, 0.29) is 0 Å². The maximum Gasteiger partial charge on any atom is 0.274 e. The Bertz CT molecular complexity index is 192. The first kappa shape index (κ1) is 11.7. The summed E-state index contributed by atoms with van der Waals surface area (Å²) in [7, 11) is 3.51. The summed E-state index contributed by atoms with van der Waals surface area (Å²) in [4.78, 5) is 11.6. The molecule has 0 unspecified atom stereocenters. The van der Waals surface area contributed by atoms with Crippen molar-refractivity contribution in [3.8, 4) is 0 Å². The number of nitro groups is 1. The molecule has 0 aliphatic rings. The van der Waals surface area contributed by atoms with Gasteiger partial charge in [-0.2, -0.15) is 0 Å². The molecule has 5 nitrogen and oxygen atoms in total. The third-order valence-corrected chi connectivity index (χ3v) is 1.74. The molecule has 1 N–H and O–H groups in total. The van der Waals surface area contributed by atoms with Crippen molar-refractivity contribution in [1.29, 1.82) is 0 Å². The average Bonchev–Trinajstić information content (AvgIpc) is 2.09. The number of nitrogens with zero attached hydrogens (tertiary/aromatic N) is 2. The molecule has 5 heteroatoms. The first-order valence-electron chi connectivity index (χ1n) is 4.36. The van der Waals surface area contributed by atoms with Crippen molar-refractivity contribution in [3.05, 3.63) is 22.1 Å². The van der Waals surface area contributed by atoms with Crippen LogP contribution in [-0.2, 0) is 0 Å². The summed E-state index contributed by atoms with van der Waals surface area (Å²) in [6.45, 7) is 2.92. The maximum absolute atomic E-state index is 10.2. The first-order valence-corrected chi connectivity index (χ1v) is 4.36. The van der Waals surface area contributed by atoms with Gasteiger partial charge in [0.2, 0.25) is 0 Å². The molecule has 0 aliphatic carbocycles. The van der Waals surface area contributed by atoms with Gasteiger partial charge in [0, 0.05) is 20.6 Å². The second-order valence-electron chi connectivity index (χ2n) is 2.82. The van der Waals surface area contributed by atoms with E-state index in [1.807, 2.05) is 11.9 Å². The molecule has 0 spiro atoms. The second kappa shape index (κ2) is 6.28. The summed E-state index contributed by atoms with van der Waals surface area (Å²) in [6, 6.07) is 0. The van der Waals surface area contributed by atoms with E-state index in [1.165, 1.54) is 0 Å². The van der Waals surface area contributed by atoms with Crippen LogP contribution in [0.3, 0.4) is 0 Å². The van der Waals surface area contributed by atoms with E-state index in [2.05, 4.69) is 12.2 Å². The minimum atomic E-state index is -0.450. The van der Waals surface area contributed by atoms with Gasteiger partial charge in [0.05, 0.1) is 4.92 Å². The van der Waals surface area contributed by atoms with E-state index in [0.29, 0.717) is 5.82 Å². The Morgan fingerprint density at radius 1 is 1.69 bits per heavy atom. The minimum absolute atomic E-state index is 0.450. The van der Waals surface area contributed by atoms with Crippen LogP contribution in [-0.4, -0.2) is 30.5 Å². The van der Waals surface area contributed by atoms with Gasteiger partial charge < -0.3 is 10.2 Å². The van der Waals surface area contributed by atoms with E-state index in [1.54, 1.807) is 7.05 Å². The van der Waals surface area contributed by atoms with Crippen molar-refractivity contribution in [2.75, 3.05) is 20.6 Å². The topological polar surface area (TPSA) is 58.4 Å². The van der Waals surface area contributed by atoms with Crippen molar-refractivity contribution in [3.63, 3.8) is 0 Å². The first-order chi connectivity index (χ1) is 6.11. The van der Waals surface area contributed by atoms with Crippen LogP contribution < -0.4 is 5.32 Å². The normalized spacial score (nSPS) is 11.2. The van der Waals surface area contributed by atoms with Crippen molar-refractivity contribution in [1.82, 2.24) is 10.2 Å². The van der Waals surface area contributed by atoms with Crippen LogP contribution in [0.2, 0.25) is 0 Å². The summed E-state index contributed by atoms with van der Waals surface area (Å²) in [6.07, 6.45) is 3.10. The van der Waals surface area contributed by atoms with Gasteiger partial charge in [0.15, 0.2) is 5.82 Å². The van der Waals surface area contributed by atoms with E-state index in [0.717, 1.165) is 25.6 Å². The smallest absolute Gasteiger partial charge is 0.274 e. The largest absolute Gasteiger partial charge is 0.370 e. The van der Waals surface area contributed by atoms with Crippen molar-refractivity contribution in [2.24, 2.45) is 0 Å². The molecule has 0 aromatic rings. The monoisotopic (exact) mass is 187 g/mol. The summed E-state index contributed by atoms with van der Waals surface area (Å²) in [5.41, 5.74) is 0. The molecule has 0 amide bonds. The van der Waals surface area contributed by atoms with Gasteiger partial charge in [-0.1, -0.05) is 13.3 Å². The molecule has 0 heterocycles. The third kappa shape index (κ3) is 5.05. The summed E-state index contributed by atoms with van der Waals surface area (Å²) < 4.78 is 0. The summed E-state index contributed by atoms with van der Waals surface area (Å²) >= 11 is 0. The zero-order valence-corrected chi connectivity index (χ0v) is 8.41. The number of nitrogens with one attached hydrogen (secondary N) is 1. The molecule has 0 saturated heterocycles. The minimum Gasteiger partial charge on any atom is -0.370 e. The number of unbranched alkanes of at least 4 members (excludes halogenated alkanes) is 1. The Morgan fingerprint density at radius 2 is 2.31 bits per heavy atom. The molecular formula is C8H17N3O2. The van der Waals surface area contributed by atoms with Gasteiger partial charge in [-0.15, -0.1) is 0 Å². The SMILES string of the molecule is CCCCN(C)/C(=C/[N+](=O)[O-])NC. The van der Waals surface area contributed by atoms with Gasteiger partial charge in [0.1, 0.15) is 0 Å². The lowest BCUT2D eigenvalue weighted by molar-refractivity contribution is -0.404. The average molecular weight is 187 g/mol. The van der Waals surface area contributed by atoms with Gasteiger partial charge in [-0.3, -0.25) is 10.1 Å². The third-order valence-electron chi connectivity index (χ3n) is 1.74. The molecule has 0 saturated carbocycles. The number of hydrogen-bond donors (Lipinski definition) is 1. The highest BCUT2D eigenvalue weighted by molar-refractivity contribution is 4.91. The molecule has 13 heavy (non-hydrogen) atoms. The van der Waals surface area contributed by atoms with E-state index in [9.17, 15) is 10.1 Å². The Morgan fingerprint density at radius 3 is 2.69 bits per heavy atom. The standard InChI is InChI=1S/C8H17N3O2/c1-4-5-6-10(3)8(9-2)7-11(12)13/h7,9H,4-6H2,1-3H3/b8-7+. The van der Waals surface area contributed by atoms with Gasteiger partial charge >= 0.3 is 0 Å². The molecule has 0 aliphatic heterocycles. The van der Waals surface area contributed by atoms with Gasteiger partial charge in [-0.05, 0) is 6.42 Å². The fraction of sp³-hybridized carbons (Fsp3) is 0.750. The Labute approximate surface area is 78.6 Å². The lowest BCUT2D eigenvalue weighted by Gasteiger charge is -2.19. The zero-order valence-electron chi connectivity index (χ0n) is 8.41. The van der Waals surface area contributed by atoms with Crippen molar-refractivity contribution >= 4 is 0 Å². The number of hydrogen-bond acceptors (Lipinski definition) is 4. The Kier molecular flexibility index (Phi) is 5.67. The zero-order chi connectivity index (χ0) is 10.3.